The molecule has 0 saturated carbocycles. The summed E-state index contributed by atoms with van der Waals surface area (Å²) in [6, 6.07) is 17.7. The number of aliphatic hydroxyl groups excluding tert-OH is 1. The molecular formula is C31H35N5O7. The van der Waals surface area contributed by atoms with Gasteiger partial charge < -0.3 is 45.1 Å². The molecule has 2 aliphatic rings. The van der Waals surface area contributed by atoms with E-state index in [9.17, 15) is 19.5 Å². The Morgan fingerprint density at radius 1 is 0.953 bits per heavy atom. The van der Waals surface area contributed by atoms with Gasteiger partial charge in [0.05, 0.1) is 24.8 Å². The van der Waals surface area contributed by atoms with Gasteiger partial charge in [-0.1, -0.05) is 25.1 Å². The lowest BCUT2D eigenvalue weighted by Crippen LogP contribution is -2.50. The molecule has 3 aromatic carbocycles. The van der Waals surface area contributed by atoms with Gasteiger partial charge in [0.1, 0.15) is 11.9 Å². The van der Waals surface area contributed by atoms with Crippen LogP contribution in [0.2, 0.25) is 0 Å². The first kappa shape index (κ1) is 29.5. The molecule has 0 unspecified atom stereocenters. The zero-order valence-corrected chi connectivity index (χ0v) is 24.2. The molecule has 4 N–H and O–H groups in total. The number of fused-ring (bicyclic) bond motifs is 2. The molecule has 0 radical (unpaired) electrons. The highest BCUT2D eigenvalue weighted by Crippen LogP contribution is 2.34. The van der Waals surface area contributed by atoms with Gasteiger partial charge in [-0.05, 0) is 49.4 Å². The van der Waals surface area contributed by atoms with Crippen molar-refractivity contribution >= 4 is 35.0 Å². The fourth-order valence-corrected chi connectivity index (χ4v) is 4.88. The number of likely N-dealkylation sites (N-methyl/N-ethyl adjacent to an activating group) is 1. The SMILES string of the molecule is C[C@H](CO)N1C[C@H](C)[C@@H](CN(C)C(=O)Nc2ccccc2)Oc2ccc(NC(=O)Nc3ccc4c(c3)OCO4)cc2C1=O. The van der Waals surface area contributed by atoms with Crippen molar-refractivity contribution < 1.29 is 33.7 Å². The maximum Gasteiger partial charge on any atom is 0.323 e. The number of amides is 5. The van der Waals surface area contributed by atoms with Crippen molar-refractivity contribution in [2.45, 2.75) is 26.0 Å². The maximum absolute atomic E-state index is 13.7. The van der Waals surface area contributed by atoms with Crippen LogP contribution in [0.5, 0.6) is 17.2 Å². The highest BCUT2D eigenvalue weighted by Gasteiger charge is 2.34. The Balaban J connectivity index is 1.34. The predicted octanol–water partition coefficient (Wildman–Crippen LogP) is 4.44. The summed E-state index contributed by atoms with van der Waals surface area (Å²) >= 11 is 0. The van der Waals surface area contributed by atoms with Gasteiger partial charge in [-0.2, -0.15) is 0 Å². The molecule has 3 atom stereocenters. The zero-order valence-electron chi connectivity index (χ0n) is 24.2. The van der Waals surface area contributed by atoms with E-state index in [1.165, 1.54) is 4.90 Å². The standard InChI is InChI=1S/C31H35N5O7/c1-19-15-36(20(2)17-37)29(38)24-13-22(32-30(39)33-23-10-12-26-27(14-23)42-18-41-26)9-11-25(24)43-28(19)16-35(3)31(40)34-21-7-5-4-6-8-21/h4-14,19-20,28,37H,15-18H2,1-3H3,(H,34,40)(H2,32,33,39)/t19-,20+,28+/m0/s1. The van der Waals surface area contributed by atoms with Crippen LogP contribution < -0.4 is 30.2 Å². The number of carbonyl (C=O) groups is 3. The number of anilines is 3. The molecule has 0 bridgehead atoms. The van der Waals surface area contributed by atoms with Crippen LogP contribution in [0, 0.1) is 5.92 Å². The van der Waals surface area contributed by atoms with E-state index in [0.717, 1.165) is 0 Å². The van der Waals surface area contributed by atoms with Gasteiger partial charge in [0, 0.05) is 42.6 Å². The second-order valence-electron chi connectivity index (χ2n) is 10.7. The molecule has 43 heavy (non-hydrogen) atoms. The lowest BCUT2D eigenvalue weighted by atomic mass is 9.99. The molecule has 0 fully saturated rings. The molecule has 0 aromatic heterocycles. The summed E-state index contributed by atoms with van der Waals surface area (Å²) in [5.74, 6) is 0.936. The molecule has 2 aliphatic heterocycles. The molecule has 5 amide bonds. The summed E-state index contributed by atoms with van der Waals surface area (Å²) in [6.45, 7) is 4.14. The van der Waals surface area contributed by atoms with Crippen LogP contribution in [-0.2, 0) is 0 Å². The smallest absolute Gasteiger partial charge is 0.323 e. The zero-order chi connectivity index (χ0) is 30.5. The van der Waals surface area contributed by atoms with Crippen molar-refractivity contribution in [2.24, 2.45) is 5.92 Å². The third-order valence-electron chi connectivity index (χ3n) is 7.38. The van der Waals surface area contributed by atoms with Gasteiger partial charge >= 0.3 is 12.1 Å². The molecule has 2 heterocycles. The average Bonchev–Trinajstić information content (AvgIpc) is 3.47. The molecular weight excluding hydrogens is 554 g/mol. The minimum Gasteiger partial charge on any atom is -0.487 e. The first-order valence-corrected chi connectivity index (χ1v) is 14.0. The Labute approximate surface area is 249 Å². The van der Waals surface area contributed by atoms with Crippen LogP contribution in [0.1, 0.15) is 24.2 Å². The third-order valence-corrected chi connectivity index (χ3v) is 7.38. The second kappa shape index (κ2) is 12.9. The molecule has 226 valence electrons. The van der Waals surface area contributed by atoms with Crippen LogP contribution >= 0.6 is 0 Å². The monoisotopic (exact) mass is 589 g/mol. The molecule has 5 rings (SSSR count). The number of nitrogens with one attached hydrogen (secondary N) is 3. The Morgan fingerprint density at radius 2 is 1.63 bits per heavy atom. The van der Waals surface area contributed by atoms with Gasteiger partial charge in [0.15, 0.2) is 11.5 Å². The molecule has 0 spiro atoms. The summed E-state index contributed by atoms with van der Waals surface area (Å²) in [6.07, 6.45) is -0.472. The van der Waals surface area contributed by atoms with E-state index in [4.69, 9.17) is 14.2 Å². The van der Waals surface area contributed by atoms with E-state index in [2.05, 4.69) is 16.0 Å². The van der Waals surface area contributed by atoms with Gasteiger partial charge in [-0.3, -0.25) is 4.79 Å². The Hall–Kier alpha value is -4.97. The fraction of sp³-hybridized carbons (Fsp3) is 0.323. The summed E-state index contributed by atoms with van der Waals surface area (Å²) in [4.78, 5) is 42.5. The van der Waals surface area contributed by atoms with E-state index in [1.807, 2.05) is 25.1 Å². The van der Waals surface area contributed by atoms with Crippen molar-refractivity contribution in [2.75, 3.05) is 49.5 Å². The first-order chi connectivity index (χ1) is 20.7. The number of hydrogen-bond acceptors (Lipinski definition) is 7. The molecule has 12 nitrogen and oxygen atoms in total. The summed E-state index contributed by atoms with van der Waals surface area (Å²) in [5.41, 5.74) is 1.78. The summed E-state index contributed by atoms with van der Waals surface area (Å²) in [7, 11) is 1.68. The van der Waals surface area contributed by atoms with Crippen molar-refractivity contribution in [3.63, 3.8) is 0 Å². The Bertz CT molecular complexity index is 1480. The van der Waals surface area contributed by atoms with Crippen LogP contribution in [-0.4, -0.2) is 78.6 Å². The van der Waals surface area contributed by atoms with Crippen LogP contribution in [0.4, 0.5) is 26.7 Å². The number of carbonyl (C=O) groups excluding carboxylic acids is 3. The maximum atomic E-state index is 13.7. The normalized spacial score (nSPS) is 18.0. The first-order valence-electron chi connectivity index (χ1n) is 14.0. The van der Waals surface area contributed by atoms with Gasteiger partial charge in [0.2, 0.25) is 6.79 Å². The Kier molecular flexibility index (Phi) is 8.86. The number of hydrogen-bond donors (Lipinski definition) is 4. The Morgan fingerprint density at radius 3 is 2.35 bits per heavy atom. The highest BCUT2D eigenvalue weighted by atomic mass is 16.7. The summed E-state index contributed by atoms with van der Waals surface area (Å²) in [5, 5.41) is 18.3. The molecule has 0 saturated heterocycles. The molecule has 0 aliphatic carbocycles. The molecule has 3 aromatic rings. The average molecular weight is 590 g/mol. The van der Waals surface area contributed by atoms with E-state index in [-0.39, 0.29) is 43.4 Å². The van der Waals surface area contributed by atoms with Crippen LogP contribution in [0.15, 0.2) is 66.7 Å². The fourth-order valence-electron chi connectivity index (χ4n) is 4.88. The van der Waals surface area contributed by atoms with Gasteiger partial charge in [0.25, 0.3) is 5.91 Å². The number of benzene rings is 3. The number of ether oxygens (including phenoxy) is 3. The van der Waals surface area contributed by atoms with E-state index >= 15 is 0 Å². The number of aliphatic hydroxyl groups is 1. The quantitative estimate of drug-likeness (QED) is 0.319. The summed E-state index contributed by atoms with van der Waals surface area (Å²) < 4.78 is 17.0. The van der Waals surface area contributed by atoms with E-state index in [0.29, 0.717) is 40.9 Å². The van der Waals surface area contributed by atoms with Crippen molar-refractivity contribution in [3.8, 4) is 17.2 Å². The number of nitrogens with zero attached hydrogens (tertiary/aromatic N) is 2. The lowest BCUT2D eigenvalue weighted by Gasteiger charge is -2.38. The predicted molar refractivity (Wildman–Crippen MR) is 161 cm³/mol. The largest absolute Gasteiger partial charge is 0.487 e. The van der Waals surface area contributed by atoms with Crippen LogP contribution in [0.25, 0.3) is 0 Å². The van der Waals surface area contributed by atoms with Crippen molar-refractivity contribution in [1.29, 1.82) is 0 Å². The van der Waals surface area contributed by atoms with Crippen molar-refractivity contribution in [1.82, 2.24) is 9.80 Å². The minimum atomic E-state index is -0.517. The number of rotatable bonds is 7. The molecule has 12 heteroatoms. The van der Waals surface area contributed by atoms with Crippen LogP contribution in [0.3, 0.4) is 0 Å². The third kappa shape index (κ3) is 6.92. The van der Waals surface area contributed by atoms with E-state index < -0.39 is 18.2 Å². The number of para-hydroxylation sites is 1. The van der Waals surface area contributed by atoms with Crippen molar-refractivity contribution in [3.05, 3.63) is 72.3 Å². The van der Waals surface area contributed by atoms with Gasteiger partial charge in [-0.25, -0.2) is 9.59 Å². The highest BCUT2D eigenvalue weighted by molar-refractivity contribution is 6.02. The minimum absolute atomic E-state index is 0.124. The number of urea groups is 2. The topological polar surface area (TPSA) is 142 Å². The van der Waals surface area contributed by atoms with E-state index in [1.54, 1.807) is 67.4 Å². The second-order valence-corrected chi connectivity index (χ2v) is 10.7. The van der Waals surface area contributed by atoms with Gasteiger partial charge in [-0.15, -0.1) is 0 Å². The lowest BCUT2D eigenvalue weighted by molar-refractivity contribution is 0.0371.